The number of nitrogens with one attached hydrogen (secondary N) is 1. The number of carboxylic acid groups (broad SMARTS) is 1. The predicted molar refractivity (Wildman–Crippen MR) is 78.1 cm³/mol. The van der Waals surface area contributed by atoms with Gasteiger partial charge in [-0.15, -0.1) is 0 Å². The topological polar surface area (TPSA) is 55.8 Å². The van der Waals surface area contributed by atoms with Crippen LogP contribution in [0.5, 0.6) is 0 Å². The Balaban J connectivity index is 1.96. The molecule has 1 aromatic rings. The minimum Gasteiger partial charge on any atom is -0.465 e. The van der Waals surface area contributed by atoms with Gasteiger partial charge in [-0.3, -0.25) is 4.90 Å². The van der Waals surface area contributed by atoms with E-state index in [1.165, 1.54) is 11.3 Å². The molecule has 1 amide bonds. The molecule has 0 saturated carbocycles. The summed E-state index contributed by atoms with van der Waals surface area (Å²) in [6.45, 7) is 3.78. The van der Waals surface area contributed by atoms with Gasteiger partial charge in [-0.2, -0.15) is 0 Å². The van der Waals surface area contributed by atoms with E-state index in [-0.39, 0.29) is 5.41 Å². The molecule has 1 saturated heterocycles. The van der Waals surface area contributed by atoms with Crippen LogP contribution in [-0.4, -0.2) is 42.9 Å². The fourth-order valence-electron chi connectivity index (χ4n) is 3.91. The van der Waals surface area contributed by atoms with Gasteiger partial charge in [0.1, 0.15) is 0 Å². The second kappa shape index (κ2) is 4.38. The summed E-state index contributed by atoms with van der Waals surface area (Å²) in [6, 6.07) is 6.29. The van der Waals surface area contributed by atoms with Crippen LogP contribution in [0.1, 0.15) is 24.5 Å². The highest BCUT2D eigenvalue weighted by Crippen LogP contribution is 2.50. The first-order chi connectivity index (χ1) is 9.43. The maximum atomic E-state index is 10.6. The third kappa shape index (κ3) is 1.77. The lowest BCUT2D eigenvalue weighted by molar-refractivity contribution is 0.194. The molecule has 5 heteroatoms. The molecule has 0 bridgehead atoms. The third-order valence-electron chi connectivity index (χ3n) is 4.84. The third-order valence-corrected chi connectivity index (χ3v) is 4.84. The fourth-order valence-corrected chi connectivity index (χ4v) is 3.91. The Morgan fingerprint density at radius 1 is 1.50 bits per heavy atom. The number of likely N-dealkylation sites (N-methyl/N-ethyl adjacent to an activating group) is 2. The maximum absolute atomic E-state index is 10.6. The molecule has 2 atom stereocenters. The zero-order valence-electron chi connectivity index (χ0n) is 12.2. The number of benzene rings is 1. The first kappa shape index (κ1) is 13.2. The Morgan fingerprint density at radius 3 is 2.95 bits per heavy atom. The van der Waals surface area contributed by atoms with Crippen LogP contribution in [0, 0.1) is 0 Å². The number of rotatable bonds is 2. The molecule has 5 nitrogen and oxygen atoms in total. The highest BCUT2D eigenvalue weighted by Gasteiger charge is 2.52. The molecule has 0 radical (unpaired) electrons. The van der Waals surface area contributed by atoms with Gasteiger partial charge in [0.25, 0.3) is 0 Å². The first-order valence-corrected chi connectivity index (χ1v) is 6.97. The quantitative estimate of drug-likeness (QED) is 0.864. The summed E-state index contributed by atoms with van der Waals surface area (Å²) in [5.41, 5.74) is 3.77. The Labute approximate surface area is 119 Å². The van der Waals surface area contributed by atoms with Crippen molar-refractivity contribution in [3.63, 3.8) is 0 Å². The summed E-state index contributed by atoms with van der Waals surface area (Å²) in [6.07, 6.45) is 0.564. The monoisotopic (exact) mass is 275 g/mol. The van der Waals surface area contributed by atoms with E-state index in [0.717, 1.165) is 18.5 Å². The SMILES string of the molecule is CN1CCC2(C)c3cc(CNC(=O)O)ccc3N(C)C12. The fraction of sp³-hybridized carbons (Fsp3) is 0.533. The lowest BCUT2D eigenvalue weighted by Crippen LogP contribution is -2.45. The number of hydrogen-bond acceptors (Lipinski definition) is 3. The standard InChI is InChI=1S/C15H21N3O2/c1-15-6-7-17(2)13(15)18(3)12-5-4-10(8-11(12)15)9-16-14(19)20/h4-5,8,13,16H,6-7,9H2,1-3H3,(H,19,20). The zero-order chi connectivity index (χ0) is 14.5. The van der Waals surface area contributed by atoms with Gasteiger partial charge in [0.15, 0.2) is 0 Å². The largest absolute Gasteiger partial charge is 0.465 e. The summed E-state index contributed by atoms with van der Waals surface area (Å²) in [5, 5.41) is 11.2. The second-order valence-corrected chi connectivity index (χ2v) is 6.14. The summed E-state index contributed by atoms with van der Waals surface area (Å²) >= 11 is 0. The van der Waals surface area contributed by atoms with Crippen molar-refractivity contribution >= 4 is 11.8 Å². The van der Waals surface area contributed by atoms with E-state index in [0.29, 0.717) is 12.7 Å². The molecule has 0 aliphatic carbocycles. The van der Waals surface area contributed by atoms with Gasteiger partial charge < -0.3 is 15.3 Å². The van der Waals surface area contributed by atoms with E-state index in [9.17, 15) is 4.79 Å². The average Bonchev–Trinajstić information content (AvgIpc) is 2.82. The summed E-state index contributed by atoms with van der Waals surface area (Å²) in [4.78, 5) is 15.4. The van der Waals surface area contributed by atoms with Crippen LogP contribution in [0.3, 0.4) is 0 Å². The van der Waals surface area contributed by atoms with Crippen molar-refractivity contribution in [2.75, 3.05) is 25.5 Å². The molecule has 2 aliphatic rings. The Morgan fingerprint density at radius 2 is 2.25 bits per heavy atom. The van der Waals surface area contributed by atoms with Crippen molar-refractivity contribution in [3.05, 3.63) is 29.3 Å². The first-order valence-electron chi connectivity index (χ1n) is 6.97. The number of nitrogens with zero attached hydrogens (tertiary/aromatic N) is 2. The predicted octanol–water partition coefficient (Wildman–Crippen LogP) is 1.82. The minimum atomic E-state index is -0.979. The van der Waals surface area contributed by atoms with Crippen molar-refractivity contribution in [2.45, 2.75) is 31.5 Å². The van der Waals surface area contributed by atoms with Crippen LogP contribution in [-0.2, 0) is 12.0 Å². The molecule has 2 aliphatic heterocycles. The lowest BCUT2D eigenvalue weighted by Gasteiger charge is -2.32. The Kier molecular flexibility index (Phi) is 2.90. The van der Waals surface area contributed by atoms with Gasteiger partial charge in [0.05, 0.1) is 6.17 Å². The van der Waals surface area contributed by atoms with Crippen molar-refractivity contribution < 1.29 is 9.90 Å². The molecule has 1 fully saturated rings. The summed E-state index contributed by atoms with van der Waals surface area (Å²) in [5.74, 6) is 0. The van der Waals surface area contributed by atoms with E-state index in [1.54, 1.807) is 0 Å². The molecule has 1 aromatic carbocycles. The van der Waals surface area contributed by atoms with Gasteiger partial charge in [-0.25, -0.2) is 4.79 Å². The zero-order valence-corrected chi connectivity index (χ0v) is 12.2. The number of likely N-dealkylation sites (tertiary alicyclic amines) is 1. The molecule has 2 unspecified atom stereocenters. The van der Waals surface area contributed by atoms with E-state index in [2.05, 4.69) is 48.3 Å². The van der Waals surface area contributed by atoms with Crippen molar-refractivity contribution in [1.82, 2.24) is 10.2 Å². The van der Waals surface area contributed by atoms with E-state index in [4.69, 9.17) is 5.11 Å². The highest BCUT2D eigenvalue weighted by atomic mass is 16.4. The Bertz CT molecular complexity index is 560. The lowest BCUT2D eigenvalue weighted by atomic mass is 9.81. The normalized spacial score (nSPS) is 28.4. The van der Waals surface area contributed by atoms with Crippen LogP contribution < -0.4 is 10.2 Å². The van der Waals surface area contributed by atoms with Crippen molar-refractivity contribution in [3.8, 4) is 0 Å². The molecule has 0 aromatic heterocycles. The van der Waals surface area contributed by atoms with Crippen LogP contribution in [0.25, 0.3) is 0 Å². The number of anilines is 1. The maximum Gasteiger partial charge on any atom is 0.404 e. The van der Waals surface area contributed by atoms with Crippen LogP contribution >= 0.6 is 0 Å². The summed E-state index contributed by atoms with van der Waals surface area (Å²) in [7, 11) is 4.32. The van der Waals surface area contributed by atoms with Gasteiger partial charge in [0, 0.05) is 31.2 Å². The molecular formula is C15H21N3O2. The van der Waals surface area contributed by atoms with E-state index in [1.807, 2.05) is 6.07 Å². The van der Waals surface area contributed by atoms with Crippen LogP contribution in [0.4, 0.5) is 10.5 Å². The smallest absolute Gasteiger partial charge is 0.404 e. The average molecular weight is 275 g/mol. The molecule has 20 heavy (non-hydrogen) atoms. The Hall–Kier alpha value is -1.75. The van der Waals surface area contributed by atoms with Gasteiger partial charge in [-0.05, 0) is 30.7 Å². The van der Waals surface area contributed by atoms with Gasteiger partial charge in [0.2, 0.25) is 0 Å². The van der Waals surface area contributed by atoms with E-state index >= 15 is 0 Å². The molecule has 2 heterocycles. The molecule has 108 valence electrons. The number of hydrogen-bond donors (Lipinski definition) is 2. The van der Waals surface area contributed by atoms with E-state index < -0.39 is 6.09 Å². The molecule has 0 spiro atoms. The van der Waals surface area contributed by atoms with Gasteiger partial charge >= 0.3 is 6.09 Å². The highest BCUT2D eigenvalue weighted by molar-refractivity contribution is 5.66. The van der Waals surface area contributed by atoms with Crippen molar-refractivity contribution in [1.29, 1.82) is 0 Å². The number of amides is 1. The van der Waals surface area contributed by atoms with Crippen molar-refractivity contribution in [2.24, 2.45) is 0 Å². The molecule has 3 rings (SSSR count). The minimum absolute atomic E-state index is 0.137. The van der Waals surface area contributed by atoms with Crippen LogP contribution in [0.15, 0.2) is 18.2 Å². The van der Waals surface area contributed by atoms with Crippen LogP contribution in [0.2, 0.25) is 0 Å². The summed E-state index contributed by atoms with van der Waals surface area (Å²) < 4.78 is 0. The van der Waals surface area contributed by atoms with Gasteiger partial charge in [-0.1, -0.05) is 19.1 Å². The number of carbonyl (C=O) groups is 1. The number of fused-ring (bicyclic) bond motifs is 3. The second-order valence-electron chi connectivity index (χ2n) is 6.14. The molecular weight excluding hydrogens is 254 g/mol. The molecule has 2 N–H and O–H groups in total.